The first-order chi connectivity index (χ1) is 16.5. The summed E-state index contributed by atoms with van der Waals surface area (Å²) >= 11 is 0. The van der Waals surface area contributed by atoms with Crippen LogP contribution in [0.5, 0.6) is 0 Å². The van der Waals surface area contributed by atoms with E-state index in [0.717, 1.165) is 5.56 Å². The number of hydrogen-bond donors (Lipinski definition) is 1. The van der Waals surface area contributed by atoms with Crippen LogP contribution in [0.15, 0.2) is 103 Å². The molecule has 6 heteroatoms. The molecule has 168 valence electrons. The number of carbonyl (C=O) groups excluding carboxylic acids is 3. The van der Waals surface area contributed by atoms with Gasteiger partial charge >= 0.3 is 5.97 Å². The number of rotatable bonds is 5. The lowest BCUT2D eigenvalue weighted by Gasteiger charge is -2.35. The van der Waals surface area contributed by atoms with E-state index in [1.165, 1.54) is 0 Å². The zero-order valence-corrected chi connectivity index (χ0v) is 18.4. The topological polar surface area (TPSA) is 75.7 Å². The highest BCUT2D eigenvalue weighted by Gasteiger charge is 2.57. The smallest absolute Gasteiger partial charge is 0.356 e. The SMILES string of the molecule is C=CCN1C(=O)[C@@]2(CC(c3ccccc3)=C(NC(=O)c3ccccc3)C(=O)O2)c2ccccc21. The van der Waals surface area contributed by atoms with Crippen LogP contribution in [0.4, 0.5) is 5.69 Å². The molecule has 5 rings (SSSR count). The van der Waals surface area contributed by atoms with E-state index in [0.29, 0.717) is 22.4 Å². The highest BCUT2D eigenvalue weighted by molar-refractivity contribution is 6.13. The number of fused-ring (bicyclic) bond motifs is 2. The minimum atomic E-state index is -1.51. The van der Waals surface area contributed by atoms with Gasteiger partial charge < -0.3 is 15.0 Å². The lowest BCUT2D eigenvalue weighted by molar-refractivity contribution is -0.165. The second-order valence-corrected chi connectivity index (χ2v) is 8.15. The quantitative estimate of drug-likeness (QED) is 0.467. The van der Waals surface area contributed by atoms with Crippen LogP contribution in [0.3, 0.4) is 0 Å². The third-order valence-corrected chi connectivity index (χ3v) is 6.13. The van der Waals surface area contributed by atoms with Crippen LogP contribution in [-0.2, 0) is 19.9 Å². The van der Waals surface area contributed by atoms with E-state index in [1.807, 2.05) is 54.6 Å². The Labute approximate surface area is 197 Å². The summed E-state index contributed by atoms with van der Waals surface area (Å²) in [7, 11) is 0. The molecule has 0 aliphatic carbocycles. The van der Waals surface area contributed by atoms with Gasteiger partial charge in [-0.1, -0.05) is 72.8 Å². The molecule has 0 unspecified atom stereocenters. The molecule has 3 aromatic rings. The Morgan fingerprint density at radius 2 is 1.62 bits per heavy atom. The largest absolute Gasteiger partial charge is 0.439 e. The first kappa shape index (κ1) is 21.4. The maximum absolute atomic E-state index is 13.7. The zero-order chi connectivity index (χ0) is 23.7. The summed E-state index contributed by atoms with van der Waals surface area (Å²) in [5, 5.41) is 2.74. The van der Waals surface area contributed by atoms with Crippen molar-refractivity contribution in [3.63, 3.8) is 0 Å². The summed E-state index contributed by atoms with van der Waals surface area (Å²) in [5.41, 5.74) is 1.52. The highest BCUT2D eigenvalue weighted by atomic mass is 16.6. The molecule has 6 nitrogen and oxygen atoms in total. The van der Waals surface area contributed by atoms with Crippen LogP contribution in [0.2, 0.25) is 0 Å². The Hall–Kier alpha value is -4.45. The van der Waals surface area contributed by atoms with Gasteiger partial charge in [-0.15, -0.1) is 6.58 Å². The first-order valence-electron chi connectivity index (χ1n) is 11.0. The number of amides is 2. The molecule has 2 amide bonds. The van der Waals surface area contributed by atoms with E-state index in [4.69, 9.17) is 4.74 Å². The summed E-state index contributed by atoms with van der Waals surface area (Å²) in [4.78, 5) is 41.6. The molecule has 0 fully saturated rings. The van der Waals surface area contributed by atoms with Crippen molar-refractivity contribution in [2.75, 3.05) is 11.4 Å². The van der Waals surface area contributed by atoms with Crippen molar-refractivity contribution in [3.8, 4) is 0 Å². The Kier molecular flexibility index (Phi) is 5.34. The van der Waals surface area contributed by atoms with Gasteiger partial charge in [-0.3, -0.25) is 9.59 Å². The van der Waals surface area contributed by atoms with Gasteiger partial charge in [0.1, 0.15) is 5.70 Å². The summed E-state index contributed by atoms with van der Waals surface area (Å²) in [6.07, 6.45) is 1.73. The van der Waals surface area contributed by atoms with Crippen molar-refractivity contribution in [3.05, 3.63) is 120 Å². The molecule has 0 saturated carbocycles. The molecular formula is C28H22N2O4. The van der Waals surface area contributed by atoms with Gasteiger partial charge in [-0.25, -0.2) is 4.79 Å². The van der Waals surface area contributed by atoms with Crippen LogP contribution in [0.1, 0.15) is 27.9 Å². The normalized spacial score (nSPS) is 19.1. The molecule has 2 aliphatic heterocycles. The zero-order valence-electron chi connectivity index (χ0n) is 18.4. The molecule has 1 atom stereocenters. The van der Waals surface area contributed by atoms with Crippen molar-refractivity contribution < 1.29 is 19.1 Å². The summed E-state index contributed by atoms with van der Waals surface area (Å²) in [6.45, 7) is 4.05. The number of esters is 1. The van der Waals surface area contributed by atoms with Gasteiger partial charge in [0.15, 0.2) is 0 Å². The standard InChI is InChI=1S/C28H22N2O4/c1-2-17-30-23-16-10-9-15-22(23)28(27(30)33)18-21(19-11-5-3-6-12-19)24(26(32)34-28)29-25(31)20-13-7-4-8-14-20/h2-16H,1,17-18H2,(H,29,31)/t28-/m1/s1. The van der Waals surface area contributed by atoms with E-state index in [1.54, 1.807) is 41.3 Å². The molecule has 34 heavy (non-hydrogen) atoms. The Balaban J connectivity index is 1.64. The van der Waals surface area contributed by atoms with Crippen LogP contribution < -0.4 is 10.2 Å². The van der Waals surface area contributed by atoms with Gasteiger partial charge in [-0.2, -0.15) is 0 Å². The maximum Gasteiger partial charge on any atom is 0.356 e. The number of ether oxygens (including phenoxy) is 1. The Morgan fingerprint density at radius 1 is 0.971 bits per heavy atom. The van der Waals surface area contributed by atoms with Gasteiger partial charge in [0.2, 0.25) is 5.60 Å². The Bertz CT molecular complexity index is 1330. The van der Waals surface area contributed by atoms with Gasteiger partial charge in [0.05, 0.1) is 5.69 Å². The average Bonchev–Trinajstić information content (AvgIpc) is 3.09. The van der Waals surface area contributed by atoms with Crippen LogP contribution in [0.25, 0.3) is 5.57 Å². The number of nitrogens with zero attached hydrogens (tertiary/aromatic N) is 1. The van der Waals surface area contributed by atoms with Crippen molar-refractivity contribution in [1.29, 1.82) is 0 Å². The average molecular weight is 450 g/mol. The van der Waals surface area contributed by atoms with Gasteiger partial charge in [0, 0.05) is 24.1 Å². The number of nitrogens with one attached hydrogen (secondary N) is 1. The lowest BCUT2D eigenvalue weighted by Crippen LogP contribution is -2.48. The fourth-order valence-electron chi connectivity index (χ4n) is 4.57. The molecule has 1 N–H and O–H groups in total. The van der Waals surface area contributed by atoms with Crippen LogP contribution >= 0.6 is 0 Å². The number of hydrogen-bond acceptors (Lipinski definition) is 4. The number of anilines is 1. The van der Waals surface area contributed by atoms with E-state index in [-0.39, 0.29) is 24.6 Å². The van der Waals surface area contributed by atoms with Crippen molar-refractivity contribution >= 4 is 29.0 Å². The van der Waals surface area contributed by atoms with E-state index >= 15 is 0 Å². The fourth-order valence-corrected chi connectivity index (χ4v) is 4.57. The monoisotopic (exact) mass is 450 g/mol. The Morgan fingerprint density at radius 3 is 2.32 bits per heavy atom. The van der Waals surface area contributed by atoms with Crippen molar-refractivity contribution in [2.45, 2.75) is 12.0 Å². The molecule has 1 spiro atoms. The summed E-state index contributed by atoms with van der Waals surface area (Å²) in [5.74, 6) is -1.51. The predicted octanol–water partition coefficient (Wildman–Crippen LogP) is 4.20. The molecular weight excluding hydrogens is 428 g/mol. The second kappa shape index (κ2) is 8.48. The van der Waals surface area contributed by atoms with Crippen molar-refractivity contribution in [2.24, 2.45) is 0 Å². The molecule has 2 aliphatic rings. The second-order valence-electron chi connectivity index (χ2n) is 8.15. The first-order valence-corrected chi connectivity index (χ1v) is 11.0. The maximum atomic E-state index is 13.7. The van der Waals surface area contributed by atoms with Crippen LogP contribution in [0, 0.1) is 0 Å². The third-order valence-electron chi connectivity index (χ3n) is 6.13. The van der Waals surface area contributed by atoms with E-state index in [9.17, 15) is 14.4 Å². The molecule has 2 heterocycles. The number of para-hydroxylation sites is 1. The minimum Gasteiger partial charge on any atom is -0.439 e. The molecule has 0 saturated heterocycles. The van der Waals surface area contributed by atoms with Crippen molar-refractivity contribution in [1.82, 2.24) is 5.32 Å². The minimum absolute atomic E-state index is 0.0399. The highest BCUT2D eigenvalue weighted by Crippen LogP contribution is 2.50. The number of benzene rings is 3. The van der Waals surface area contributed by atoms with E-state index < -0.39 is 17.5 Å². The predicted molar refractivity (Wildman–Crippen MR) is 129 cm³/mol. The van der Waals surface area contributed by atoms with Crippen LogP contribution in [-0.4, -0.2) is 24.3 Å². The molecule has 3 aromatic carbocycles. The lowest BCUT2D eigenvalue weighted by atomic mass is 9.82. The summed E-state index contributed by atoms with van der Waals surface area (Å²) in [6, 6.07) is 25.2. The molecule has 0 aromatic heterocycles. The summed E-state index contributed by atoms with van der Waals surface area (Å²) < 4.78 is 5.91. The van der Waals surface area contributed by atoms with Gasteiger partial charge in [0.25, 0.3) is 11.8 Å². The fraction of sp³-hybridized carbons (Fsp3) is 0.107. The molecule has 0 radical (unpaired) electrons. The van der Waals surface area contributed by atoms with Gasteiger partial charge in [-0.05, 0) is 29.3 Å². The van der Waals surface area contributed by atoms with E-state index in [2.05, 4.69) is 11.9 Å². The third kappa shape index (κ3) is 3.40. The number of carbonyl (C=O) groups is 3. The molecule has 0 bridgehead atoms.